The van der Waals surface area contributed by atoms with Crippen LogP contribution in [0, 0.1) is 0 Å². The molecule has 0 aliphatic heterocycles. The van der Waals surface area contributed by atoms with Crippen molar-refractivity contribution in [2.45, 2.75) is 19.9 Å². The Bertz CT molecular complexity index is 317. The van der Waals surface area contributed by atoms with Gasteiger partial charge in [0, 0.05) is 12.2 Å². The van der Waals surface area contributed by atoms with Gasteiger partial charge in [0.25, 0.3) is 0 Å². The average molecular weight is 198 g/mol. The fourth-order valence-corrected chi connectivity index (χ4v) is 1.58. The van der Waals surface area contributed by atoms with Crippen LogP contribution in [-0.2, 0) is 0 Å². The van der Waals surface area contributed by atoms with Gasteiger partial charge in [-0.25, -0.2) is 0 Å². The maximum Gasteiger partial charge on any atom is 0.222 e. The van der Waals surface area contributed by atoms with Gasteiger partial charge in [-0.05, 0) is 26.2 Å². The highest BCUT2D eigenvalue weighted by Gasteiger charge is 2.13. The highest BCUT2D eigenvalue weighted by atomic mass is 32.2. The summed E-state index contributed by atoms with van der Waals surface area (Å²) in [5.41, 5.74) is 6.42. The summed E-state index contributed by atoms with van der Waals surface area (Å²) in [5.74, 6) is 0.564. The van der Waals surface area contributed by atoms with Crippen LogP contribution in [0.25, 0.3) is 0 Å². The Kier molecular flexibility index (Phi) is 3.03. The first-order valence-electron chi connectivity index (χ1n) is 4.12. The van der Waals surface area contributed by atoms with Gasteiger partial charge >= 0.3 is 0 Å². The van der Waals surface area contributed by atoms with Gasteiger partial charge in [-0.1, -0.05) is 11.8 Å². The molecule has 0 saturated heterocycles. The molecule has 0 aromatic carbocycles. The predicted molar refractivity (Wildman–Crippen MR) is 57.1 cm³/mol. The monoisotopic (exact) mass is 198 g/mol. The third-order valence-corrected chi connectivity index (χ3v) is 2.51. The average Bonchev–Trinajstić information content (AvgIpc) is 2.46. The third kappa shape index (κ3) is 1.88. The first kappa shape index (κ1) is 10.2. The molecule has 3 nitrogen and oxygen atoms in total. The van der Waals surface area contributed by atoms with Gasteiger partial charge in [-0.15, -0.1) is 0 Å². The van der Waals surface area contributed by atoms with Crippen molar-refractivity contribution in [1.29, 1.82) is 0 Å². The molecular formula is C9H14N2OS. The molecule has 0 aliphatic rings. The van der Waals surface area contributed by atoms with E-state index in [4.69, 9.17) is 5.73 Å². The summed E-state index contributed by atoms with van der Waals surface area (Å²) >= 11 is 1.18. The second-order valence-electron chi connectivity index (χ2n) is 3.11. The number of rotatable bonds is 2. The number of hydrogen-bond acceptors (Lipinski definition) is 3. The molecule has 1 rings (SSSR count). The standard InChI is InChI=1S/C9H14N2OS/c1-6(2)11-5-4-7(8(11)10)9(12)13-3/h4-6H,10H2,1-3H3. The Morgan fingerprint density at radius 2 is 2.23 bits per heavy atom. The van der Waals surface area contributed by atoms with Crippen molar-refractivity contribution in [2.24, 2.45) is 0 Å². The normalized spacial score (nSPS) is 10.8. The molecule has 0 amide bonds. The molecule has 0 fully saturated rings. The van der Waals surface area contributed by atoms with Gasteiger partial charge in [0.15, 0.2) is 0 Å². The van der Waals surface area contributed by atoms with Gasteiger partial charge in [0.05, 0.1) is 5.56 Å². The Morgan fingerprint density at radius 1 is 1.62 bits per heavy atom. The Morgan fingerprint density at radius 3 is 2.62 bits per heavy atom. The molecule has 0 radical (unpaired) electrons. The maximum absolute atomic E-state index is 11.3. The molecule has 13 heavy (non-hydrogen) atoms. The minimum absolute atomic E-state index is 0.0249. The van der Waals surface area contributed by atoms with E-state index in [1.807, 2.05) is 24.6 Å². The van der Waals surface area contributed by atoms with Crippen molar-refractivity contribution in [3.63, 3.8) is 0 Å². The van der Waals surface area contributed by atoms with E-state index < -0.39 is 0 Å². The first-order chi connectivity index (χ1) is 6.07. The quantitative estimate of drug-likeness (QED) is 0.792. The van der Waals surface area contributed by atoms with Crippen LogP contribution in [-0.4, -0.2) is 15.9 Å². The Labute approximate surface area is 82.3 Å². The molecule has 0 aliphatic carbocycles. The number of nitrogen functional groups attached to an aromatic ring is 1. The SMILES string of the molecule is CSC(=O)c1ccn(C(C)C)c1N. The summed E-state index contributed by atoms with van der Waals surface area (Å²) in [6.07, 6.45) is 3.61. The van der Waals surface area contributed by atoms with Gasteiger partial charge < -0.3 is 10.3 Å². The summed E-state index contributed by atoms with van der Waals surface area (Å²) in [4.78, 5) is 11.3. The van der Waals surface area contributed by atoms with E-state index >= 15 is 0 Å². The van der Waals surface area contributed by atoms with Gasteiger partial charge in [-0.3, -0.25) is 4.79 Å². The van der Waals surface area contributed by atoms with Crippen LogP contribution >= 0.6 is 11.8 Å². The molecule has 0 atom stereocenters. The highest BCUT2D eigenvalue weighted by molar-refractivity contribution is 8.13. The number of carbonyl (C=O) groups excluding carboxylic acids is 1. The minimum atomic E-state index is 0.0249. The zero-order valence-corrected chi connectivity index (χ0v) is 8.89. The molecule has 72 valence electrons. The lowest BCUT2D eigenvalue weighted by atomic mass is 10.3. The third-order valence-electron chi connectivity index (χ3n) is 1.92. The van der Waals surface area contributed by atoms with Crippen molar-refractivity contribution < 1.29 is 4.79 Å². The first-order valence-corrected chi connectivity index (χ1v) is 5.35. The van der Waals surface area contributed by atoms with Crippen molar-refractivity contribution in [1.82, 2.24) is 4.57 Å². The topological polar surface area (TPSA) is 48.0 Å². The van der Waals surface area contributed by atoms with E-state index in [9.17, 15) is 4.79 Å². The number of hydrogen-bond donors (Lipinski definition) is 1. The van der Waals surface area contributed by atoms with E-state index in [0.29, 0.717) is 17.4 Å². The summed E-state index contributed by atoms with van der Waals surface area (Å²) in [6, 6.07) is 2.07. The smallest absolute Gasteiger partial charge is 0.222 e. The van der Waals surface area contributed by atoms with Crippen molar-refractivity contribution in [3.05, 3.63) is 17.8 Å². The molecule has 0 bridgehead atoms. The molecule has 2 N–H and O–H groups in total. The Hall–Kier alpha value is -0.900. The fraction of sp³-hybridized carbons (Fsp3) is 0.444. The molecule has 4 heteroatoms. The molecule has 1 aromatic heterocycles. The second-order valence-corrected chi connectivity index (χ2v) is 3.89. The van der Waals surface area contributed by atoms with Crippen molar-refractivity contribution in [2.75, 3.05) is 12.0 Å². The lowest BCUT2D eigenvalue weighted by Gasteiger charge is -2.09. The number of thioether (sulfide) groups is 1. The van der Waals surface area contributed by atoms with Crippen molar-refractivity contribution >= 4 is 22.7 Å². The van der Waals surface area contributed by atoms with Gasteiger partial charge in [-0.2, -0.15) is 0 Å². The fourth-order valence-electron chi connectivity index (χ4n) is 1.19. The number of anilines is 1. The van der Waals surface area contributed by atoms with Crippen LogP contribution in [0.2, 0.25) is 0 Å². The molecular weight excluding hydrogens is 184 g/mol. The van der Waals surface area contributed by atoms with E-state index in [1.165, 1.54) is 11.8 Å². The summed E-state index contributed by atoms with van der Waals surface area (Å²) in [5, 5.41) is 0.0249. The summed E-state index contributed by atoms with van der Waals surface area (Å²) in [7, 11) is 0. The number of carbonyl (C=O) groups is 1. The summed E-state index contributed by atoms with van der Waals surface area (Å²) in [6.45, 7) is 4.06. The van der Waals surface area contributed by atoms with Crippen LogP contribution in [0.3, 0.4) is 0 Å². The number of nitrogens with zero attached hydrogens (tertiary/aromatic N) is 1. The number of nitrogens with two attached hydrogens (primary N) is 1. The van der Waals surface area contributed by atoms with Crippen LogP contribution < -0.4 is 5.73 Å². The molecule has 1 heterocycles. The predicted octanol–water partition coefficient (Wildman–Crippen LogP) is 2.15. The summed E-state index contributed by atoms with van der Waals surface area (Å²) < 4.78 is 1.89. The highest BCUT2D eigenvalue weighted by Crippen LogP contribution is 2.21. The molecule has 0 saturated carbocycles. The molecule has 0 unspecified atom stereocenters. The van der Waals surface area contributed by atoms with E-state index in [0.717, 1.165) is 0 Å². The van der Waals surface area contributed by atoms with Gasteiger partial charge in [0.1, 0.15) is 5.82 Å². The van der Waals surface area contributed by atoms with Crippen LogP contribution in [0.4, 0.5) is 5.82 Å². The largest absolute Gasteiger partial charge is 0.384 e. The number of aromatic nitrogens is 1. The lowest BCUT2D eigenvalue weighted by molar-refractivity contribution is 0.109. The Balaban J connectivity index is 3.06. The van der Waals surface area contributed by atoms with Crippen LogP contribution in [0.1, 0.15) is 30.2 Å². The zero-order valence-electron chi connectivity index (χ0n) is 8.07. The molecule has 1 aromatic rings. The van der Waals surface area contributed by atoms with E-state index in [-0.39, 0.29) is 5.12 Å². The lowest BCUT2D eigenvalue weighted by Crippen LogP contribution is -2.06. The van der Waals surface area contributed by atoms with Crippen LogP contribution in [0.15, 0.2) is 12.3 Å². The van der Waals surface area contributed by atoms with Crippen LogP contribution in [0.5, 0.6) is 0 Å². The van der Waals surface area contributed by atoms with E-state index in [2.05, 4.69) is 0 Å². The van der Waals surface area contributed by atoms with Crippen molar-refractivity contribution in [3.8, 4) is 0 Å². The zero-order chi connectivity index (χ0) is 10.0. The second kappa shape index (κ2) is 3.87. The van der Waals surface area contributed by atoms with Gasteiger partial charge in [0.2, 0.25) is 5.12 Å². The molecule has 0 spiro atoms. The van der Waals surface area contributed by atoms with E-state index in [1.54, 1.807) is 12.3 Å². The maximum atomic E-state index is 11.3. The minimum Gasteiger partial charge on any atom is -0.384 e.